The Bertz CT molecular complexity index is 484. The van der Waals surface area contributed by atoms with Gasteiger partial charge in [-0.05, 0) is 29.9 Å². The third-order valence-corrected chi connectivity index (χ3v) is 5.38. The molecule has 0 saturated heterocycles. The standard InChI is InChI=1S/C17H28N2O3S/c1-4-15-14-6-12-23-16(14)5-7-19(15)17(20)13-18(8-10-21-2)9-11-22-3/h6,12,15H,4-5,7-11,13H2,1-3H3. The predicted octanol–water partition coefficient (Wildman–Crippen LogP) is 2.18. The fraction of sp³-hybridized carbons (Fsp3) is 0.706. The highest BCUT2D eigenvalue weighted by atomic mass is 32.1. The van der Waals surface area contributed by atoms with Gasteiger partial charge in [-0.15, -0.1) is 11.3 Å². The topological polar surface area (TPSA) is 42.0 Å². The summed E-state index contributed by atoms with van der Waals surface area (Å²) in [5, 5.41) is 2.14. The van der Waals surface area contributed by atoms with Gasteiger partial charge < -0.3 is 14.4 Å². The molecule has 0 aromatic carbocycles. The molecule has 1 aromatic rings. The summed E-state index contributed by atoms with van der Waals surface area (Å²) in [6.45, 7) is 6.17. The van der Waals surface area contributed by atoms with Crippen molar-refractivity contribution in [3.05, 3.63) is 21.9 Å². The molecule has 2 heterocycles. The van der Waals surface area contributed by atoms with Gasteiger partial charge in [-0.25, -0.2) is 0 Å². The Hall–Kier alpha value is -0.950. The van der Waals surface area contributed by atoms with E-state index in [0.29, 0.717) is 19.8 Å². The van der Waals surface area contributed by atoms with Crippen molar-refractivity contribution in [3.8, 4) is 0 Å². The number of methoxy groups -OCH3 is 2. The van der Waals surface area contributed by atoms with Gasteiger partial charge in [0, 0.05) is 38.7 Å². The first-order valence-corrected chi connectivity index (χ1v) is 9.15. The third-order valence-electron chi connectivity index (χ3n) is 4.38. The molecule has 0 saturated carbocycles. The molecule has 0 N–H and O–H groups in total. The molecule has 0 bridgehead atoms. The number of carbonyl (C=O) groups is 1. The molecule has 130 valence electrons. The third kappa shape index (κ3) is 4.76. The van der Waals surface area contributed by atoms with Gasteiger partial charge in [0.25, 0.3) is 0 Å². The second kappa shape index (κ2) is 9.37. The van der Waals surface area contributed by atoms with Crippen LogP contribution in [-0.2, 0) is 20.7 Å². The van der Waals surface area contributed by atoms with Gasteiger partial charge in [-0.3, -0.25) is 9.69 Å². The normalized spacial score (nSPS) is 17.6. The van der Waals surface area contributed by atoms with E-state index in [1.54, 1.807) is 14.2 Å². The molecule has 1 aliphatic heterocycles. The number of hydrogen-bond donors (Lipinski definition) is 0. The maximum atomic E-state index is 12.8. The Morgan fingerprint density at radius 2 is 2.04 bits per heavy atom. The summed E-state index contributed by atoms with van der Waals surface area (Å²) in [4.78, 5) is 18.5. The van der Waals surface area contributed by atoms with Crippen LogP contribution in [0.5, 0.6) is 0 Å². The van der Waals surface area contributed by atoms with Gasteiger partial charge in [0.15, 0.2) is 0 Å². The molecule has 1 amide bonds. The molecular formula is C17H28N2O3S. The van der Waals surface area contributed by atoms with E-state index in [1.165, 1.54) is 10.4 Å². The lowest BCUT2D eigenvalue weighted by Gasteiger charge is -2.36. The highest BCUT2D eigenvalue weighted by Crippen LogP contribution is 2.35. The minimum Gasteiger partial charge on any atom is -0.383 e. The van der Waals surface area contributed by atoms with Gasteiger partial charge in [0.05, 0.1) is 25.8 Å². The Balaban J connectivity index is 2.00. The van der Waals surface area contributed by atoms with E-state index in [-0.39, 0.29) is 11.9 Å². The predicted molar refractivity (Wildman–Crippen MR) is 93.0 cm³/mol. The number of amides is 1. The van der Waals surface area contributed by atoms with Crippen LogP contribution in [0, 0.1) is 0 Å². The van der Waals surface area contributed by atoms with Crippen molar-refractivity contribution in [1.29, 1.82) is 0 Å². The molecule has 1 unspecified atom stereocenters. The molecule has 5 nitrogen and oxygen atoms in total. The van der Waals surface area contributed by atoms with Crippen LogP contribution in [0.15, 0.2) is 11.4 Å². The van der Waals surface area contributed by atoms with Crippen molar-refractivity contribution in [1.82, 2.24) is 9.80 Å². The largest absolute Gasteiger partial charge is 0.383 e. The van der Waals surface area contributed by atoms with Crippen LogP contribution in [-0.4, -0.2) is 69.3 Å². The van der Waals surface area contributed by atoms with Gasteiger partial charge in [-0.2, -0.15) is 0 Å². The first kappa shape index (κ1) is 18.4. The maximum Gasteiger partial charge on any atom is 0.237 e. The van der Waals surface area contributed by atoms with Crippen LogP contribution in [0.3, 0.4) is 0 Å². The molecule has 6 heteroatoms. The number of fused-ring (bicyclic) bond motifs is 1. The van der Waals surface area contributed by atoms with Crippen LogP contribution in [0.1, 0.15) is 29.8 Å². The number of hydrogen-bond acceptors (Lipinski definition) is 5. The first-order valence-electron chi connectivity index (χ1n) is 8.27. The van der Waals surface area contributed by atoms with Gasteiger partial charge >= 0.3 is 0 Å². The average Bonchev–Trinajstić information content (AvgIpc) is 3.04. The molecule has 23 heavy (non-hydrogen) atoms. The second-order valence-corrected chi connectivity index (χ2v) is 6.82. The van der Waals surface area contributed by atoms with Crippen molar-refractivity contribution < 1.29 is 14.3 Å². The Morgan fingerprint density at radius 1 is 1.35 bits per heavy atom. The summed E-state index contributed by atoms with van der Waals surface area (Å²) in [6.07, 6.45) is 1.94. The summed E-state index contributed by atoms with van der Waals surface area (Å²) in [6, 6.07) is 2.41. The van der Waals surface area contributed by atoms with Crippen LogP contribution in [0.4, 0.5) is 0 Å². The number of rotatable bonds is 9. The molecule has 2 rings (SSSR count). The van der Waals surface area contributed by atoms with Crippen molar-refractivity contribution in [2.75, 3.05) is 53.6 Å². The Labute approximate surface area is 143 Å². The van der Waals surface area contributed by atoms with E-state index in [1.807, 2.05) is 11.3 Å². The quantitative estimate of drug-likeness (QED) is 0.691. The summed E-state index contributed by atoms with van der Waals surface area (Å²) >= 11 is 1.81. The Morgan fingerprint density at radius 3 is 2.65 bits per heavy atom. The number of nitrogens with zero attached hydrogens (tertiary/aromatic N) is 2. The van der Waals surface area contributed by atoms with Gasteiger partial charge in [0.1, 0.15) is 0 Å². The molecule has 1 atom stereocenters. The molecule has 1 aliphatic rings. The van der Waals surface area contributed by atoms with Crippen LogP contribution in [0.2, 0.25) is 0 Å². The van der Waals surface area contributed by atoms with Crippen molar-refractivity contribution in [3.63, 3.8) is 0 Å². The minimum absolute atomic E-state index is 0.209. The lowest BCUT2D eigenvalue weighted by atomic mass is 9.97. The number of carbonyl (C=O) groups excluding carboxylic acids is 1. The summed E-state index contributed by atoms with van der Waals surface area (Å²) in [5.74, 6) is 0.209. The monoisotopic (exact) mass is 340 g/mol. The van der Waals surface area contributed by atoms with Crippen LogP contribution >= 0.6 is 11.3 Å². The zero-order valence-electron chi connectivity index (χ0n) is 14.4. The second-order valence-electron chi connectivity index (χ2n) is 5.82. The van der Waals surface area contributed by atoms with Crippen LogP contribution in [0.25, 0.3) is 0 Å². The average molecular weight is 340 g/mol. The lowest BCUT2D eigenvalue weighted by molar-refractivity contribution is -0.135. The molecule has 0 fully saturated rings. The van der Waals surface area contributed by atoms with Crippen molar-refractivity contribution in [2.45, 2.75) is 25.8 Å². The molecule has 0 aliphatic carbocycles. The lowest BCUT2D eigenvalue weighted by Crippen LogP contribution is -2.46. The van der Waals surface area contributed by atoms with Gasteiger partial charge in [-0.1, -0.05) is 6.92 Å². The van der Waals surface area contributed by atoms with E-state index in [0.717, 1.165) is 32.5 Å². The number of thiophene rings is 1. The first-order chi connectivity index (χ1) is 11.2. The molecule has 0 spiro atoms. The summed E-state index contributed by atoms with van der Waals surface area (Å²) in [7, 11) is 3.37. The van der Waals surface area contributed by atoms with E-state index < -0.39 is 0 Å². The smallest absolute Gasteiger partial charge is 0.237 e. The van der Waals surface area contributed by atoms with E-state index in [4.69, 9.17) is 9.47 Å². The van der Waals surface area contributed by atoms with Crippen molar-refractivity contribution in [2.24, 2.45) is 0 Å². The van der Waals surface area contributed by atoms with Crippen molar-refractivity contribution >= 4 is 17.2 Å². The highest BCUT2D eigenvalue weighted by Gasteiger charge is 2.30. The zero-order chi connectivity index (χ0) is 16.7. The Kier molecular flexibility index (Phi) is 7.49. The maximum absolute atomic E-state index is 12.8. The minimum atomic E-state index is 0.209. The fourth-order valence-electron chi connectivity index (χ4n) is 3.13. The molecule has 1 aromatic heterocycles. The SMILES string of the molecule is CCC1c2ccsc2CCN1C(=O)CN(CCOC)CCOC. The molecule has 0 radical (unpaired) electrons. The molecular weight excluding hydrogens is 312 g/mol. The van der Waals surface area contributed by atoms with E-state index in [9.17, 15) is 4.79 Å². The van der Waals surface area contributed by atoms with Crippen LogP contribution < -0.4 is 0 Å². The van der Waals surface area contributed by atoms with E-state index >= 15 is 0 Å². The summed E-state index contributed by atoms with van der Waals surface area (Å²) in [5.41, 5.74) is 1.34. The summed E-state index contributed by atoms with van der Waals surface area (Å²) < 4.78 is 10.3. The zero-order valence-corrected chi connectivity index (χ0v) is 15.2. The number of ether oxygens (including phenoxy) is 2. The van der Waals surface area contributed by atoms with E-state index in [2.05, 4.69) is 28.2 Å². The highest BCUT2D eigenvalue weighted by molar-refractivity contribution is 7.10. The van der Waals surface area contributed by atoms with Gasteiger partial charge in [0.2, 0.25) is 5.91 Å². The fourth-order valence-corrected chi connectivity index (χ4v) is 4.06.